The largest absolute Gasteiger partial charge is 0.481 e. The summed E-state index contributed by atoms with van der Waals surface area (Å²) in [7, 11) is -3.58. The highest BCUT2D eigenvalue weighted by molar-refractivity contribution is 7.91. The molecule has 0 aliphatic carbocycles. The lowest BCUT2D eigenvalue weighted by Crippen LogP contribution is -2.25. The number of aromatic nitrogens is 1. The first kappa shape index (κ1) is 15.1. The minimum absolute atomic E-state index is 0.132. The average molecular weight is 332 g/mol. The molecule has 0 radical (unpaired) electrons. The number of hydrogen-bond donors (Lipinski definition) is 2. The number of nitrogens with zero attached hydrogens (tertiary/aromatic N) is 1. The highest BCUT2D eigenvalue weighted by Gasteiger charge is 2.17. The van der Waals surface area contributed by atoms with E-state index in [1.165, 1.54) is 23.5 Å². The van der Waals surface area contributed by atoms with E-state index in [0.29, 0.717) is 11.3 Å². The van der Waals surface area contributed by atoms with Crippen molar-refractivity contribution in [3.05, 3.63) is 33.6 Å². The van der Waals surface area contributed by atoms with Gasteiger partial charge in [0.1, 0.15) is 4.21 Å². The molecular formula is C11H12N2O4S3. The zero-order chi connectivity index (χ0) is 14.6. The summed E-state index contributed by atoms with van der Waals surface area (Å²) in [6.45, 7) is 0.262. The summed E-state index contributed by atoms with van der Waals surface area (Å²) in [5, 5.41) is 10.5. The Hall–Kier alpha value is -1.29. The number of thiophene rings is 1. The van der Waals surface area contributed by atoms with Crippen LogP contribution in [0.2, 0.25) is 0 Å². The Morgan fingerprint density at radius 1 is 1.40 bits per heavy atom. The first-order valence-electron chi connectivity index (χ1n) is 5.64. The Kier molecular flexibility index (Phi) is 4.86. The molecule has 2 heterocycles. The monoisotopic (exact) mass is 332 g/mol. The maximum absolute atomic E-state index is 12.0. The Morgan fingerprint density at radius 3 is 2.85 bits per heavy atom. The number of hydrogen-bond acceptors (Lipinski definition) is 6. The molecule has 0 amide bonds. The van der Waals surface area contributed by atoms with E-state index in [1.54, 1.807) is 5.51 Å². The standard InChI is InChI=1S/C11H12N2O4S3/c14-10(15)5-9-1-2-11(19-9)20(16,17)13-4-3-8-6-18-7-12-8/h1-2,6-7,13H,3-5H2,(H,14,15). The third-order valence-corrected chi connectivity index (χ3v) is 6.06. The second kappa shape index (κ2) is 6.44. The van der Waals surface area contributed by atoms with Gasteiger partial charge in [-0.2, -0.15) is 0 Å². The van der Waals surface area contributed by atoms with Gasteiger partial charge in [-0.15, -0.1) is 22.7 Å². The second-order valence-corrected chi connectivity index (χ2v) is 7.80. The SMILES string of the molecule is O=C(O)Cc1ccc(S(=O)(=O)NCCc2cscn2)s1. The van der Waals surface area contributed by atoms with Crippen LogP contribution >= 0.6 is 22.7 Å². The smallest absolute Gasteiger partial charge is 0.308 e. The molecule has 0 aliphatic heterocycles. The molecule has 0 saturated carbocycles. The summed E-state index contributed by atoms with van der Waals surface area (Å²) in [6, 6.07) is 2.95. The van der Waals surface area contributed by atoms with Crippen LogP contribution in [-0.2, 0) is 27.7 Å². The molecule has 0 unspecified atom stereocenters. The number of thiazole rings is 1. The number of nitrogens with one attached hydrogen (secondary N) is 1. The Balaban J connectivity index is 1.95. The van der Waals surface area contributed by atoms with Crippen LogP contribution in [-0.4, -0.2) is 31.0 Å². The van der Waals surface area contributed by atoms with Crippen molar-refractivity contribution >= 4 is 38.7 Å². The fourth-order valence-electron chi connectivity index (χ4n) is 1.49. The van der Waals surface area contributed by atoms with Crippen LogP contribution in [0.15, 0.2) is 27.2 Å². The molecule has 0 aliphatic rings. The average Bonchev–Trinajstić information content (AvgIpc) is 2.99. The minimum atomic E-state index is -3.58. The Labute approximate surface area is 124 Å². The number of carbonyl (C=O) groups is 1. The highest BCUT2D eigenvalue weighted by Crippen LogP contribution is 2.21. The van der Waals surface area contributed by atoms with Crippen LogP contribution in [0.5, 0.6) is 0 Å². The predicted octanol–water partition coefficient (Wildman–Crippen LogP) is 1.35. The molecule has 9 heteroatoms. The van der Waals surface area contributed by atoms with Gasteiger partial charge in [0.25, 0.3) is 0 Å². The van der Waals surface area contributed by atoms with Gasteiger partial charge >= 0.3 is 5.97 Å². The van der Waals surface area contributed by atoms with Crippen molar-refractivity contribution in [3.63, 3.8) is 0 Å². The van der Waals surface area contributed by atoms with Crippen LogP contribution in [0.3, 0.4) is 0 Å². The van der Waals surface area contributed by atoms with Crippen LogP contribution in [0, 0.1) is 0 Å². The van der Waals surface area contributed by atoms with E-state index in [4.69, 9.17) is 5.11 Å². The molecule has 2 rings (SSSR count). The van der Waals surface area contributed by atoms with Gasteiger partial charge in [0.2, 0.25) is 10.0 Å². The quantitative estimate of drug-likeness (QED) is 0.798. The van der Waals surface area contributed by atoms with E-state index < -0.39 is 16.0 Å². The summed E-state index contributed by atoms with van der Waals surface area (Å²) in [5.41, 5.74) is 2.54. The van der Waals surface area contributed by atoms with E-state index >= 15 is 0 Å². The van der Waals surface area contributed by atoms with E-state index in [2.05, 4.69) is 9.71 Å². The molecule has 0 fully saturated rings. The molecule has 0 aromatic carbocycles. The topological polar surface area (TPSA) is 96.4 Å². The maximum atomic E-state index is 12.0. The minimum Gasteiger partial charge on any atom is -0.481 e. The van der Waals surface area contributed by atoms with Crippen molar-refractivity contribution < 1.29 is 18.3 Å². The summed E-state index contributed by atoms with van der Waals surface area (Å²) in [5.74, 6) is -0.979. The van der Waals surface area contributed by atoms with Gasteiger partial charge in [0.05, 0.1) is 17.6 Å². The summed E-state index contributed by atoms with van der Waals surface area (Å²) >= 11 is 2.43. The van der Waals surface area contributed by atoms with E-state index in [1.807, 2.05) is 5.38 Å². The molecule has 2 N–H and O–H groups in total. The lowest BCUT2D eigenvalue weighted by atomic mass is 10.3. The van der Waals surface area contributed by atoms with Crippen molar-refractivity contribution in [1.82, 2.24) is 9.71 Å². The molecule has 2 aromatic rings. The van der Waals surface area contributed by atoms with Gasteiger partial charge in [-0.05, 0) is 12.1 Å². The van der Waals surface area contributed by atoms with Gasteiger partial charge in [0, 0.05) is 23.2 Å². The normalized spacial score (nSPS) is 11.6. The van der Waals surface area contributed by atoms with Crippen LogP contribution in [0.1, 0.15) is 10.6 Å². The van der Waals surface area contributed by atoms with Gasteiger partial charge in [-0.3, -0.25) is 4.79 Å². The Bertz CT molecular complexity index is 676. The molecule has 0 saturated heterocycles. The molecule has 0 bridgehead atoms. The van der Waals surface area contributed by atoms with Gasteiger partial charge in [-0.1, -0.05) is 0 Å². The van der Waals surface area contributed by atoms with Crippen molar-refractivity contribution in [2.75, 3.05) is 6.54 Å². The maximum Gasteiger partial charge on any atom is 0.308 e. The lowest BCUT2D eigenvalue weighted by molar-refractivity contribution is -0.136. The highest BCUT2D eigenvalue weighted by atomic mass is 32.2. The molecule has 2 aromatic heterocycles. The van der Waals surface area contributed by atoms with Gasteiger partial charge in [-0.25, -0.2) is 18.1 Å². The molecule has 20 heavy (non-hydrogen) atoms. The number of sulfonamides is 1. The third kappa shape index (κ3) is 4.10. The number of rotatable bonds is 7. The molecular weight excluding hydrogens is 320 g/mol. The van der Waals surface area contributed by atoms with E-state index in [-0.39, 0.29) is 17.2 Å². The zero-order valence-corrected chi connectivity index (χ0v) is 12.7. The van der Waals surface area contributed by atoms with Gasteiger partial charge < -0.3 is 5.11 Å². The molecule has 6 nitrogen and oxygen atoms in total. The second-order valence-electron chi connectivity index (χ2n) is 3.92. The van der Waals surface area contributed by atoms with Crippen molar-refractivity contribution in [2.45, 2.75) is 17.1 Å². The van der Waals surface area contributed by atoms with Crippen LogP contribution < -0.4 is 4.72 Å². The van der Waals surface area contributed by atoms with Crippen molar-refractivity contribution in [3.8, 4) is 0 Å². The lowest BCUT2D eigenvalue weighted by Gasteiger charge is -2.03. The first-order valence-corrected chi connectivity index (χ1v) is 8.89. The number of carboxylic acid groups (broad SMARTS) is 1. The first-order chi connectivity index (χ1) is 9.47. The summed E-state index contributed by atoms with van der Waals surface area (Å²) < 4.78 is 26.6. The zero-order valence-electron chi connectivity index (χ0n) is 10.3. The fourth-order valence-corrected chi connectivity index (χ4v) is 4.51. The van der Waals surface area contributed by atoms with Crippen LogP contribution in [0.25, 0.3) is 0 Å². The van der Waals surface area contributed by atoms with E-state index in [9.17, 15) is 13.2 Å². The molecule has 0 spiro atoms. The molecule has 108 valence electrons. The predicted molar refractivity (Wildman–Crippen MR) is 76.7 cm³/mol. The van der Waals surface area contributed by atoms with Crippen molar-refractivity contribution in [1.29, 1.82) is 0 Å². The van der Waals surface area contributed by atoms with E-state index in [0.717, 1.165) is 17.0 Å². The fraction of sp³-hybridized carbons (Fsp3) is 0.273. The van der Waals surface area contributed by atoms with Gasteiger partial charge in [0.15, 0.2) is 0 Å². The Morgan fingerprint density at radius 2 is 2.20 bits per heavy atom. The summed E-state index contributed by atoms with van der Waals surface area (Å²) in [4.78, 5) is 15.1. The number of carboxylic acids is 1. The molecule has 0 atom stereocenters. The summed E-state index contributed by atoms with van der Waals surface area (Å²) in [6.07, 6.45) is 0.356. The third-order valence-electron chi connectivity index (χ3n) is 2.38. The van der Waals surface area contributed by atoms with Crippen LogP contribution in [0.4, 0.5) is 0 Å². The van der Waals surface area contributed by atoms with Crippen molar-refractivity contribution in [2.24, 2.45) is 0 Å². The number of aliphatic carboxylic acids is 1.